The Morgan fingerprint density at radius 1 is 1.27 bits per heavy atom. The summed E-state index contributed by atoms with van der Waals surface area (Å²) in [4.78, 5) is 22.1. The third kappa shape index (κ3) is 3.26. The van der Waals surface area contributed by atoms with E-state index in [9.17, 15) is 4.79 Å². The van der Waals surface area contributed by atoms with Crippen molar-refractivity contribution in [1.82, 2.24) is 14.6 Å². The second-order valence-electron chi connectivity index (χ2n) is 8.82. The zero-order valence-electron chi connectivity index (χ0n) is 17.8. The minimum Gasteiger partial charge on any atom is -0.368 e. The van der Waals surface area contributed by atoms with Gasteiger partial charge in [-0.1, -0.05) is 31.2 Å². The molecule has 0 spiro atoms. The molecule has 1 unspecified atom stereocenters. The van der Waals surface area contributed by atoms with Gasteiger partial charge >= 0.3 is 0 Å². The number of anilines is 1. The molecule has 0 bridgehead atoms. The summed E-state index contributed by atoms with van der Waals surface area (Å²) in [7, 11) is 4.31. The minimum atomic E-state index is -0.0337. The van der Waals surface area contributed by atoms with Gasteiger partial charge in [0.1, 0.15) is 4.83 Å². The second kappa shape index (κ2) is 7.63. The fourth-order valence-corrected chi connectivity index (χ4v) is 5.84. The minimum absolute atomic E-state index is 0.0337. The molecule has 0 saturated carbocycles. The van der Waals surface area contributed by atoms with Gasteiger partial charge in [0.05, 0.1) is 26.0 Å². The summed E-state index contributed by atoms with van der Waals surface area (Å²) < 4.78 is 1.52. The maximum Gasteiger partial charge on any atom is 0.283 e. The van der Waals surface area contributed by atoms with Crippen LogP contribution in [0.5, 0.6) is 0 Å². The molecule has 0 radical (unpaired) electrons. The highest BCUT2D eigenvalue weighted by Crippen LogP contribution is 2.36. The van der Waals surface area contributed by atoms with E-state index in [4.69, 9.17) is 10.1 Å². The van der Waals surface area contributed by atoms with Crippen molar-refractivity contribution in [2.24, 2.45) is 5.92 Å². The Labute approximate surface area is 179 Å². The van der Waals surface area contributed by atoms with Gasteiger partial charge in [0, 0.05) is 28.6 Å². The Kier molecular flexibility index (Phi) is 4.95. The van der Waals surface area contributed by atoms with Crippen LogP contribution < -0.4 is 15.8 Å². The van der Waals surface area contributed by atoms with Crippen molar-refractivity contribution in [3.63, 3.8) is 0 Å². The molecule has 1 aliphatic rings. The predicted octanol–water partition coefficient (Wildman–Crippen LogP) is 2.53. The number of rotatable bonds is 5. The molecule has 4 aromatic rings. The molecule has 0 amide bonds. The van der Waals surface area contributed by atoms with Crippen molar-refractivity contribution in [3.8, 4) is 0 Å². The van der Waals surface area contributed by atoms with Crippen LogP contribution in [0.4, 0.5) is 5.82 Å². The lowest BCUT2D eigenvalue weighted by atomic mass is 9.89. The maximum atomic E-state index is 13.6. The molecular formula is C23H28N5OS+. The van der Waals surface area contributed by atoms with E-state index in [1.807, 2.05) is 18.2 Å². The summed E-state index contributed by atoms with van der Waals surface area (Å²) in [6, 6.07) is 8.10. The molecule has 6 nitrogen and oxygen atoms in total. The molecule has 3 heterocycles. The van der Waals surface area contributed by atoms with E-state index in [0.717, 1.165) is 65.6 Å². The number of quaternary nitrogens is 1. The maximum absolute atomic E-state index is 13.6. The molecule has 1 aliphatic carbocycles. The van der Waals surface area contributed by atoms with Gasteiger partial charge in [0.15, 0.2) is 11.5 Å². The number of nitrogens with one attached hydrogen (secondary N) is 2. The van der Waals surface area contributed by atoms with Crippen LogP contribution in [-0.4, -0.2) is 41.8 Å². The highest BCUT2D eigenvalue weighted by molar-refractivity contribution is 7.18. The topological polar surface area (TPSA) is 63.7 Å². The van der Waals surface area contributed by atoms with E-state index in [0.29, 0.717) is 11.6 Å². The summed E-state index contributed by atoms with van der Waals surface area (Å²) >= 11 is 1.69. The van der Waals surface area contributed by atoms with E-state index in [-0.39, 0.29) is 5.56 Å². The summed E-state index contributed by atoms with van der Waals surface area (Å²) in [5.41, 5.74) is 1.82. The lowest BCUT2D eigenvalue weighted by Gasteiger charge is -2.17. The van der Waals surface area contributed by atoms with Gasteiger partial charge in [-0.25, -0.2) is 4.98 Å². The molecule has 0 saturated heterocycles. The first-order valence-electron chi connectivity index (χ1n) is 10.8. The van der Waals surface area contributed by atoms with Crippen LogP contribution in [0.1, 0.15) is 30.2 Å². The van der Waals surface area contributed by atoms with E-state index in [1.165, 1.54) is 19.9 Å². The number of aromatic nitrogens is 3. The van der Waals surface area contributed by atoms with Crippen LogP contribution in [0.2, 0.25) is 0 Å². The van der Waals surface area contributed by atoms with Crippen molar-refractivity contribution in [1.29, 1.82) is 0 Å². The molecule has 3 aromatic heterocycles. The number of hydrogen-bond acceptors (Lipinski definition) is 5. The van der Waals surface area contributed by atoms with E-state index < -0.39 is 0 Å². The third-order valence-corrected chi connectivity index (χ3v) is 7.22. The van der Waals surface area contributed by atoms with Gasteiger partial charge in [0.2, 0.25) is 0 Å². The number of nitrogens with zero attached hydrogens (tertiary/aromatic N) is 3. The summed E-state index contributed by atoms with van der Waals surface area (Å²) in [6.45, 7) is 4.19. The Hall–Kier alpha value is -2.51. The van der Waals surface area contributed by atoms with Gasteiger partial charge in [-0.15, -0.1) is 16.4 Å². The number of fused-ring (bicyclic) bond motifs is 6. The van der Waals surface area contributed by atoms with Gasteiger partial charge in [-0.3, -0.25) is 4.79 Å². The molecule has 1 aromatic carbocycles. The van der Waals surface area contributed by atoms with Crippen LogP contribution in [-0.2, 0) is 12.8 Å². The van der Waals surface area contributed by atoms with Gasteiger partial charge in [-0.05, 0) is 30.7 Å². The average Bonchev–Trinajstić information content (AvgIpc) is 3.09. The van der Waals surface area contributed by atoms with Crippen LogP contribution in [0.25, 0.3) is 26.6 Å². The smallest absolute Gasteiger partial charge is 0.283 e. The summed E-state index contributed by atoms with van der Waals surface area (Å²) in [5, 5.41) is 11.0. The largest absolute Gasteiger partial charge is 0.368 e. The van der Waals surface area contributed by atoms with E-state index >= 15 is 0 Å². The highest BCUT2D eigenvalue weighted by atomic mass is 32.1. The zero-order valence-corrected chi connectivity index (χ0v) is 18.6. The Morgan fingerprint density at radius 3 is 2.87 bits per heavy atom. The van der Waals surface area contributed by atoms with Gasteiger partial charge in [-0.2, -0.15) is 4.52 Å². The lowest BCUT2D eigenvalue weighted by Crippen LogP contribution is -3.05. The number of hydrogen-bond donors (Lipinski definition) is 2. The summed E-state index contributed by atoms with van der Waals surface area (Å²) in [6.07, 6.45) is 4.18. The van der Waals surface area contributed by atoms with Crippen LogP contribution >= 0.6 is 11.3 Å². The first kappa shape index (κ1) is 19.5. The number of aryl methyl sites for hydroxylation is 1. The predicted molar refractivity (Wildman–Crippen MR) is 124 cm³/mol. The van der Waals surface area contributed by atoms with Crippen LogP contribution in [0, 0.1) is 5.92 Å². The summed E-state index contributed by atoms with van der Waals surface area (Å²) in [5.74, 6) is 1.43. The molecule has 0 aliphatic heterocycles. The van der Waals surface area contributed by atoms with E-state index in [2.05, 4.69) is 32.4 Å². The number of benzene rings is 1. The fraction of sp³-hybridized carbons (Fsp3) is 0.435. The van der Waals surface area contributed by atoms with Gasteiger partial charge < -0.3 is 10.2 Å². The fourth-order valence-electron chi connectivity index (χ4n) is 4.47. The molecular weight excluding hydrogens is 394 g/mol. The molecule has 1 atom stereocenters. The monoisotopic (exact) mass is 422 g/mol. The highest BCUT2D eigenvalue weighted by Gasteiger charge is 2.24. The Morgan fingerprint density at radius 2 is 2.07 bits per heavy atom. The van der Waals surface area contributed by atoms with Crippen LogP contribution in [0.15, 0.2) is 29.1 Å². The van der Waals surface area contributed by atoms with Crippen molar-refractivity contribution >= 4 is 43.8 Å². The molecule has 5 rings (SSSR count). The average molecular weight is 423 g/mol. The lowest BCUT2D eigenvalue weighted by molar-refractivity contribution is -0.858. The first-order valence-corrected chi connectivity index (χ1v) is 11.6. The normalized spacial score (nSPS) is 16.6. The zero-order chi connectivity index (χ0) is 20.8. The SMILES string of the molecule is CC1CCc2c(sc3nc4c5ccccc5c(NCCC[NH+](C)C)nn4c(=O)c23)C1. The first-order chi connectivity index (χ1) is 14.5. The molecule has 2 N–H and O–H groups in total. The molecule has 156 valence electrons. The Bertz CT molecular complexity index is 1310. The molecule has 0 fully saturated rings. The van der Waals surface area contributed by atoms with Crippen LogP contribution in [0.3, 0.4) is 0 Å². The van der Waals surface area contributed by atoms with Gasteiger partial charge in [0.25, 0.3) is 5.56 Å². The quantitative estimate of drug-likeness (QED) is 0.383. The molecule has 30 heavy (non-hydrogen) atoms. The molecule has 7 heteroatoms. The van der Waals surface area contributed by atoms with Crippen molar-refractivity contribution in [3.05, 3.63) is 45.1 Å². The Balaban J connectivity index is 1.69. The third-order valence-electron chi connectivity index (χ3n) is 6.08. The number of thiophene rings is 1. The second-order valence-corrected chi connectivity index (χ2v) is 9.90. The standard InChI is InChI=1S/C23H27N5OS/c1-14-9-10-17-18(13-14)30-22-19(17)23(29)28-21(25-22)16-8-5-4-7-15(16)20(26-28)24-11-6-12-27(2)3/h4-5,7-8,14H,6,9-13H2,1-3H3,(H,24,26)/p+1. The van der Waals surface area contributed by atoms with Crippen molar-refractivity contribution in [2.45, 2.75) is 32.6 Å². The van der Waals surface area contributed by atoms with Crippen molar-refractivity contribution in [2.75, 3.05) is 32.5 Å². The van der Waals surface area contributed by atoms with Crippen molar-refractivity contribution < 1.29 is 4.90 Å². The van der Waals surface area contributed by atoms with E-state index in [1.54, 1.807) is 11.3 Å².